The molecule has 0 aliphatic heterocycles. The maximum atomic E-state index is 6.17. The number of nitrogens with zero attached hydrogens (tertiary/aromatic N) is 1. The average molecular weight is 397 g/mol. The molecule has 0 amide bonds. The van der Waals surface area contributed by atoms with Crippen LogP contribution in [0, 0.1) is 0 Å². The van der Waals surface area contributed by atoms with Crippen molar-refractivity contribution in [2.75, 3.05) is 19.5 Å². The van der Waals surface area contributed by atoms with E-state index in [4.69, 9.17) is 26.1 Å². The second-order valence-corrected chi connectivity index (χ2v) is 7.18. The highest BCUT2D eigenvalue weighted by molar-refractivity contribution is 7.14. The van der Waals surface area contributed by atoms with Gasteiger partial charge in [-0.15, -0.1) is 11.3 Å². The molecule has 4 rings (SSSR count). The Bertz CT molecular complexity index is 1110. The van der Waals surface area contributed by atoms with E-state index >= 15 is 0 Å². The third kappa shape index (κ3) is 3.56. The van der Waals surface area contributed by atoms with Gasteiger partial charge in [0.2, 0.25) is 0 Å². The lowest BCUT2D eigenvalue weighted by molar-refractivity contribution is 0.405. The zero-order chi connectivity index (χ0) is 18.8. The Morgan fingerprint density at radius 3 is 2.48 bits per heavy atom. The third-order valence-electron chi connectivity index (χ3n) is 4.26. The van der Waals surface area contributed by atoms with Gasteiger partial charge in [0.1, 0.15) is 11.5 Å². The monoisotopic (exact) mass is 396 g/mol. The first kappa shape index (κ1) is 17.6. The molecule has 0 aliphatic rings. The first-order valence-electron chi connectivity index (χ1n) is 8.31. The van der Waals surface area contributed by atoms with Crippen LogP contribution in [0.5, 0.6) is 11.5 Å². The van der Waals surface area contributed by atoms with Gasteiger partial charge < -0.3 is 14.8 Å². The molecule has 4 nitrogen and oxygen atoms in total. The molecule has 27 heavy (non-hydrogen) atoms. The van der Waals surface area contributed by atoms with E-state index in [9.17, 15) is 0 Å². The summed E-state index contributed by atoms with van der Waals surface area (Å²) >= 11 is 7.70. The SMILES string of the molecule is COc1cc(Nc2nc(-c3ccc4ccccc4c3)cs2)c(OC)cc1Cl. The van der Waals surface area contributed by atoms with E-state index in [0.717, 1.165) is 22.1 Å². The Labute approximate surface area is 166 Å². The molecule has 0 atom stereocenters. The molecule has 136 valence electrons. The fourth-order valence-corrected chi connectivity index (χ4v) is 3.85. The molecule has 0 unspecified atom stereocenters. The first-order chi connectivity index (χ1) is 13.2. The Hall–Kier alpha value is -2.76. The van der Waals surface area contributed by atoms with Crippen molar-refractivity contribution >= 4 is 44.5 Å². The average Bonchev–Trinajstić information content (AvgIpc) is 3.17. The van der Waals surface area contributed by atoms with Crippen molar-refractivity contribution < 1.29 is 9.47 Å². The number of nitrogens with one attached hydrogen (secondary N) is 1. The molecule has 0 fully saturated rings. The van der Waals surface area contributed by atoms with Crippen LogP contribution in [0.25, 0.3) is 22.0 Å². The Morgan fingerprint density at radius 2 is 1.70 bits per heavy atom. The van der Waals surface area contributed by atoms with Gasteiger partial charge in [-0.25, -0.2) is 4.98 Å². The van der Waals surface area contributed by atoms with Crippen LogP contribution in [0.15, 0.2) is 60.0 Å². The number of anilines is 2. The molecular weight excluding hydrogens is 380 g/mol. The highest BCUT2D eigenvalue weighted by atomic mass is 35.5. The Balaban J connectivity index is 1.64. The van der Waals surface area contributed by atoms with Gasteiger partial charge in [-0.05, 0) is 16.8 Å². The summed E-state index contributed by atoms with van der Waals surface area (Å²) in [7, 11) is 3.18. The van der Waals surface area contributed by atoms with Crippen LogP contribution in [0.3, 0.4) is 0 Å². The van der Waals surface area contributed by atoms with Crippen LogP contribution in [-0.2, 0) is 0 Å². The van der Waals surface area contributed by atoms with Gasteiger partial charge in [-0.2, -0.15) is 0 Å². The normalized spacial score (nSPS) is 10.8. The predicted octanol–water partition coefficient (Wildman–Crippen LogP) is 6.38. The number of thiazole rings is 1. The summed E-state index contributed by atoms with van der Waals surface area (Å²) in [6.45, 7) is 0. The molecule has 0 radical (unpaired) electrons. The van der Waals surface area contributed by atoms with Gasteiger partial charge in [0.25, 0.3) is 0 Å². The molecule has 0 saturated heterocycles. The summed E-state index contributed by atoms with van der Waals surface area (Å²) in [4.78, 5) is 4.71. The number of fused-ring (bicyclic) bond motifs is 1. The maximum absolute atomic E-state index is 6.17. The summed E-state index contributed by atoms with van der Waals surface area (Å²) < 4.78 is 10.7. The van der Waals surface area contributed by atoms with Crippen LogP contribution in [-0.4, -0.2) is 19.2 Å². The summed E-state index contributed by atoms with van der Waals surface area (Å²) in [6.07, 6.45) is 0. The standard InChI is InChI=1S/C21H17ClN2O2S/c1-25-19-11-17(20(26-2)10-16(19)22)23-21-24-18(12-27-21)15-8-7-13-5-3-4-6-14(13)9-15/h3-12H,1-2H3,(H,23,24). The summed E-state index contributed by atoms with van der Waals surface area (Å²) in [6, 6.07) is 18.2. The van der Waals surface area contributed by atoms with E-state index in [-0.39, 0.29) is 0 Å². The van der Waals surface area contributed by atoms with Crippen molar-refractivity contribution in [2.45, 2.75) is 0 Å². The molecular formula is C21H17ClN2O2S. The number of hydrogen-bond acceptors (Lipinski definition) is 5. The zero-order valence-electron chi connectivity index (χ0n) is 14.8. The minimum absolute atomic E-state index is 0.496. The van der Waals surface area contributed by atoms with Gasteiger partial charge >= 0.3 is 0 Å². The van der Waals surface area contributed by atoms with E-state index < -0.39 is 0 Å². The number of rotatable bonds is 5. The van der Waals surface area contributed by atoms with Gasteiger partial charge in [0.15, 0.2) is 5.13 Å². The number of benzene rings is 3. The zero-order valence-corrected chi connectivity index (χ0v) is 16.4. The smallest absolute Gasteiger partial charge is 0.187 e. The second kappa shape index (κ2) is 7.47. The molecule has 0 bridgehead atoms. The van der Waals surface area contributed by atoms with Gasteiger partial charge in [0, 0.05) is 23.1 Å². The van der Waals surface area contributed by atoms with Crippen LogP contribution in [0.2, 0.25) is 5.02 Å². The summed E-state index contributed by atoms with van der Waals surface area (Å²) in [5.41, 5.74) is 2.75. The van der Waals surface area contributed by atoms with Crippen molar-refractivity contribution in [3.8, 4) is 22.8 Å². The van der Waals surface area contributed by atoms with Crippen LogP contribution in [0.4, 0.5) is 10.8 Å². The number of methoxy groups -OCH3 is 2. The largest absolute Gasteiger partial charge is 0.495 e. The van der Waals surface area contributed by atoms with Crippen molar-refractivity contribution in [3.63, 3.8) is 0 Å². The van der Waals surface area contributed by atoms with E-state index in [0.29, 0.717) is 16.5 Å². The maximum Gasteiger partial charge on any atom is 0.187 e. The van der Waals surface area contributed by atoms with Crippen LogP contribution < -0.4 is 14.8 Å². The van der Waals surface area contributed by atoms with Crippen molar-refractivity contribution in [3.05, 3.63) is 65.0 Å². The molecule has 1 N–H and O–H groups in total. The first-order valence-corrected chi connectivity index (χ1v) is 9.57. The molecule has 0 aliphatic carbocycles. The Kier molecular flexibility index (Phi) is 4.88. The van der Waals surface area contributed by atoms with Crippen molar-refractivity contribution in [1.29, 1.82) is 0 Å². The van der Waals surface area contributed by atoms with Crippen molar-refractivity contribution in [2.24, 2.45) is 0 Å². The van der Waals surface area contributed by atoms with E-state index in [1.165, 1.54) is 22.1 Å². The van der Waals surface area contributed by atoms with Crippen LogP contribution in [0.1, 0.15) is 0 Å². The summed E-state index contributed by atoms with van der Waals surface area (Å²) in [5, 5.41) is 9.00. The number of ether oxygens (including phenoxy) is 2. The van der Waals surface area contributed by atoms with Gasteiger partial charge in [-0.1, -0.05) is 48.0 Å². The Morgan fingerprint density at radius 1 is 0.926 bits per heavy atom. The highest BCUT2D eigenvalue weighted by Crippen LogP contribution is 2.38. The predicted molar refractivity (Wildman–Crippen MR) is 113 cm³/mol. The lowest BCUT2D eigenvalue weighted by Gasteiger charge is -2.12. The van der Waals surface area contributed by atoms with Gasteiger partial charge in [-0.3, -0.25) is 0 Å². The minimum atomic E-state index is 0.496. The molecule has 4 aromatic rings. The molecule has 1 heterocycles. The van der Waals surface area contributed by atoms with E-state index in [1.807, 2.05) is 17.5 Å². The van der Waals surface area contributed by atoms with E-state index in [2.05, 4.69) is 35.6 Å². The van der Waals surface area contributed by atoms with Crippen molar-refractivity contribution in [1.82, 2.24) is 4.98 Å². The minimum Gasteiger partial charge on any atom is -0.495 e. The third-order valence-corrected chi connectivity index (χ3v) is 5.32. The lowest BCUT2D eigenvalue weighted by atomic mass is 10.1. The number of aromatic nitrogens is 1. The summed E-state index contributed by atoms with van der Waals surface area (Å²) in [5.74, 6) is 1.20. The second-order valence-electron chi connectivity index (χ2n) is 5.91. The fourth-order valence-electron chi connectivity index (χ4n) is 2.89. The number of halogens is 1. The number of hydrogen-bond donors (Lipinski definition) is 1. The lowest BCUT2D eigenvalue weighted by Crippen LogP contribution is -1.96. The molecule has 0 spiro atoms. The molecule has 6 heteroatoms. The molecule has 3 aromatic carbocycles. The van der Waals surface area contributed by atoms with Crippen LogP contribution >= 0.6 is 22.9 Å². The van der Waals surface area contributed by atoms with Gasteiger partial charge in [0.05, 0.1) is 30.6 Å². The van der Waals surface area contributed by atoms with E-state index in [1.54, 1.807) is 26.4 Å². The molecule has 0 saturated carbocycles. The topological polar surface area (TPSA) is 43.4 Å². The highest BCUT2D eigenvalue weighted by Gasteiger charge is 2.12. The molecule has 1 aromatic heterocycles. The fraction of sp³-hybridized carbons (Fsp3) is 0.0952. The quantitative estimate of drug-likeness (QED) is 0.425.